The number of benzene rings is 1. The quantitative estimate of drug-likeness (QED) is 0.875. The third kappa shape index (κ3) is 2.11. The average Bonchev–Trinajstić information content (AvgIpc) is 2.60. The Bertz CT molecular complexity index is 830. The van der Waals surface area contributed by atoms with Crippen molar-refractivity contribution < 1.29 is 24.2 Å². The number of amides is 1. The van der Waals surface area contributed by atoms with Gasteiger partial charge in [0.25, 0.3) is 0 Å². The van der Waals surface area contributed by atoms with Crippen LogP contribution in [0, 0.1) is 5.92 Å². The summed E-state index contributed by atoms with van der Waals surface area (Å²) in [6.07, 6.45) is 3.40. The van der Waals surface area contributed by atoms with Crippen molar-refractivity contribution in [3.63, 3.8) is 0 Å². The molecule has 1 saturated heterocycles. The molecule has 2 bridgehead atoms. The molecule has 6 nitrogen and oxygen atoms in total. The van der Waals surface area contributed by atoms with Gasteiger partial charge in [0.2, 0.25) is 5.91 Å². The molecule has 3 aliphatic rings. The standard InChI is InChI=1S/C20H23NO5/c1-11(22)21-7-6-20-10-15(23)17(26-3)9-13(20)14(21)8-12-4-5-16(25-2)19(24)18(12)20/h4-5,9,13-14,24H,6-8,10H2,1-3H3/t13-,14+,20-/m1/s1. The summed E-state index contributed by atoms with van der Waals surface area (Å²) in [7, 11) is 3.02. The van der Waals surface area contributed by atoms with Crippen molar-refractivity contribution in [2.24, 2.45) is 5.92 Å². The molecule has 1 amide bonds. The van der Waals surface area contributed by atoms with Gasteiger partial charge >= 0.3 is 0 Å². The number of likely N-dealkylation sites (tertiary alicyclic amines) is 1. The molecule has 1 aromatic carbocycles. The number of fused-ring (bicyclic) bond motifs is 1. The van der Waals surface area contributed by atoms with E-state index >= 15 is 0 Å². The van der Waals surface area contributed by atoms with E-state index in [0.29, 0.717) is 30.9 Å². The Hall–Kier alpha value is -2.50. The highest BCUT2D eigenvalue weighted by molar-refractivity contribution is 5.96. The summed E-state index contributed by atoms with van der Waals surface area (Å²) in [5.41, 5.74) is 1.26. The Morgan fingerprint density at radius 2 is 2.08 bits per heavy atom. The lowest BCUT2D eigenvalue weighted by Crippen LogP contribution is -2.62. The van der Waals surface area contributed by atoms with E-state index in [4.69, 9.17) is 9.47 Å². The van der Waals surface area contributed by atoms with Crippen molar-refractivity contribution >= 4 is 11.7 Å². The van der Waals surface area contributed by atoms with E-state index < -0.39 is 5.41 Å². The van der Waals surface area contributed by atoms with Gasteiger partial charge in [-0.3, -0.25) is 9.59 Å². The lowest BCUT2D eigenvalue weighted by atomic mass is 9.53. The predicted octanol–water partition coefficient (Wildman–Crippen LogP) is 1.93. The van der Waals surface area contributed by atoms with Gasteiger partial charge in [-0.05, 0) is 30.5 Å². The molecule has 2 aliphatic carbocycles. The fourth-order valence-corrected chi connectivity index (χ4v) is 5.24. The maximum absolute atomic E-state index is 12.7. The lowest BCUT2D eigenvalue weighted by molar-refractivity contribution is -0.137. The molecule has 1 N–H and O–H groups in total. The van der Waals surface area contributed by atoms with Crippen LogP contribution in [0.2, 0.25) is 0 Å². The number of allylic oxidation sites excluding steroid dienone is 1. The topological polar surface area (TPSA) is 76.1 Å². The van der Waals surface area contributed by atoms with Gasteiger partial charge in [0.05, 0.1) is 14.2 Å². The highest BCUT2D eigenvalue weighted by atomic mass is 16.5. The van der Waals surface area contributed by atoms with E-state index in [1.807, 2.05) is 17.0 Å². The monoisotopic (exact) mass is 357 g/mol. The number of rotatable bonds is 2. The number of ether oxygens (including phenoxy) is 2. The number of phenols is 1. The largest absolute Gasteiger partial charge is 0.504 e. The SMILES string of the molecule is COC1=C[C@@H]2[C@@H]3Cc4ccc(OC)c(O)c4[C@]2(CCN3C(C)=O)CC1=O. The Morgan fingerprint density at radius 1 is 1.31 bits per heavy atom. The molecule has 1 aromatic rings. The zero-order valence-electron chi connectivity index (χ0n) is 15.2. The van der Waals surface area contributed by atoms with E-state index in [-0.39, 0.29) is 35.8 Å². The van der Waals surface area contributed by atoms with Crippen LogP contribution in [-0.4, -0.2) is 48.5 Å². The van der Waals surface area contributed by atoms with Crippen LogP contribution < -0.4 is 4.74 Å². The van der Waals surface area contributed by atoms with Gasteiger partial charge in [0.1, 0.15) is 0 Å². The number of Topliss-reactive ketones (excluding diaryl/α,β-unsaturated/α-hetero) is 1. The molecule has 0 unspecified atom stereocenters. The summed E-state index contributed by atoms with van der Waals surface area (Å²) in [5, 5.41) is 10.9. The summed E-state index contributed by atoms with van der Waals surface area (Å²) in [6, 6.07) is 3.66. The fraction of sp³-hybridized carbons (Fsp3) is 0.500. The van der Waals surface area contributed by atoms with Crippen molar-refractivity contribution in [1.82, 2.24) is 4.90 Å². The fourth-order valence-electron chi connectivity index (χ4n) is 5.24. The zero-order chi connectivity index (χ0) is 18.6. The lowest BCUT2D eigenvalue weighted by Gasteiger charge is -2.57. The molecule has 0 saturated carbocycles. The van der Waals surface area contributed by atoms with Crippen LogP contribution in [0.5, 0.6) is 11.5 Å². The molecule has 3 atom stereocenters. The maximum Gasteiger partial charge on any atom is 0.219 e. The highest BCUT2D eigenvalue weighted by Crippen LogP contribution is 2.57. The van der Waals surface area contributed by atoms with E-state index in [0.717, 1.165) is 11.1 Å². The minimum atomic E-state index is -0.526. The number of carbonyl (C=O) groups excluding carboxylic acids is 2. The molecule has 6 heteroatoms. The van der Waals surface area contributed by atoms with Gasteiger partial charge in [-0.2, -0.15) is 0 Å². The van der Waals surface area contributed by atoms with Crippen LogP contribution in [0.15, 0.2) is 24.0 Å². The Balaban J connectivity index is 1.97. The molecular formula is C20H23NO5. The molecule has 26 heavy (non-hydrogen) atoms. The first-order valence-electron chi connectivity index (χ1n) is 8.88. The van der Waals surface area contributed by atoms with Gasteiger partial charge in [-0.1, -0.05) is 6.07 Å². The summed E-state index contributed by atoms with van der Waals surface area (Å²) < 4.78 is 10.6. The van der Waals surface area contributed by atoms with E-state index in [1.54, 1.807) is 13.0 Å². The molecule has 1 aliphatic heterocycles. The Morgan fingerprint density at radius 3 is 2.73 bits per heavy atom. The van der Waals surface area contributed by atoms with Crippen LogP contribution in [0.25, 0.3) is 0 Å². The average molecular weight is 357 g/mol. The van der Waals surface area contributed by atoms with Crippen LogP contribution in [0.3, 0.4) is 0 Å². The number of phenolic OH excluding ortho intramolecular Hbond substituents is 1. The summed E-state index contributed by atoms with van der Waals surface area (Å²) in [6.45, 7) is 2.17. The third-order valence-electron chi connectivity index (χ3n) is 6.33. The van der Waals surface area contributed by atoms with Gasteiger partial charge in [0.15, 0.2) is 23.0 Å². The van der Waals surface area contributed by atoms with E-state index in [2.05, 4.69) is 0 Å². The normalized spacial score (nSPS) is 29.4. The van der Waals surface area contributed by atoms with Crippen LogP contribution >= 0.6 is 0 Å². The summed E-state index contributed by atoms with van der Waals surface area (Å²) in [5.74, 6) is 0.790. The van der Waals surface area contributed by atoms with Crippen molar-refractivity contribution in [3.8, 4) is 11.5 Å². The number of ketones is 1. The second-order valence-electron chi connectivity index (χ2n) is 7.40. The smallest absolute Gasteiger partial charge is 0.219 e. The summed E-state index contributed by atoms with van der Waals surface area (Å²) in [4.78, 5) is 26.8. The molecule has 138 valence electrons. The minimum absolute atomic E-state index is 0.0362. The number of aromatic hydroxyl groups is 1. The van der Waals surface area contributed by atoms with Gasteiger partial charge in [0, 0.05) is 42.8 Å². The maximum atomic E-state index is 12.7. The van der Waals surface area contributed by atoms with Crippen molar-refractivity contribution in [2.45, 2.75) is 37.6 Å². The number of nitrogens with zero attached hydrogens (tertiary/aromatic N) is 1. The second-order valence-corrected chi connectivity index (χ2v) is 7.40. The van der Waals surface area contributed by atoms with Crippen molar-refractivity contribution in [2.75, 3.05) is 20.8 Å². The van der Waals surface area contributed by atoms with Crippen LogP contribution in [0.4, 0.5) is 0 Å². The van der Waals surface area contributed by atoms with Gasteiger partial charge in [-0.15, -0.1) is 0 Å². The first-order valence-corrected chi connectivity index (χ1v) is 8.88. The van der Waals surface area contributed by atoms with Crippen LogP contribution in [0.1, 0.15) is 30.9 Å². The van der Waals surface area contributed by atoms with E-state index in [1.165, 1.54) is 14.2 Å². The highest BCUT2D eigenvalue weighted by Gasteiger charge is 2.57. The first-order chi connectivity index (χ1) is 12.4. The molecule has 4 rings (SSSR count). The molecule has 0 spiro atoms. The molecule has 0 aromatic heterocycles. The number of methoxy groups -OCH3 is 2. The Kier molecular flexibility index (Phi) is 3.75. The zero-order valence-corrected chi connectivity index (χ0v) is 15.2. The third-order valence-corrected chi connectivity index (χ3v) is 6.33. The number of hydrogen-bond acceptors (Lipinski definition) is 5. The van der Waals surface area contributed by atoms with Crippen molar-refractivity contribution in [3.05, 3.63) is 35.1 Å². The minimum Gasteiger partial charge on any atom is -0.504 e. The predicted molar refractivity (Wildman–Crippen MR) is 94.0 cm³/mol. The molecular weight excluding hydrogens is 334 g/mol. The number of piperidine rings is 1. The first kappa shape index (κ1) is 16.9. The second kappa shape index (κ2) is 5.76. The number of carbonyl (C=O) groups is 2. The van der Waals surface area contributed by atoms with Crippen LogP contribution in [-0.2, 0) is 26.2 Å². The summed E-state index contributed by atoms with van der Waals surface area (Å²) >= 11 is 0. The number of hydrogen-bond donors (Lipinski definition) is 1. The molecule has 1 fully saturated rings. The van der Waals surface area contributed by atoms with Crippen molar-refractivity contribution in [1.29, 1.82) is 0 Å². The Labute approximate surface area is 152 Å². The van der Waals surface area contributed by atoms with Gasteiger partial charge < -0.3 is 19.5 Å². The molecule has 1 heterocycles. The molecule has 0 radical (unpaired) electrons. The van der Waals surface area contributed by atoms with Gasteiger partial charge in [-0.25, -0.2) is 0 Å². The van der Waals surface area contributed by atoms with E-state index in [9.17, 15) is 14.7 Å².